The molecule has 0 saturated carbocycles. The van der Waals surface area contributed by atoms with E-state index in [1.165, 1.54) is 0 Å². The zero-order valence-electron chi connectivity index (χ0n) is 15.0. The SMILES string of the molecule is CC(=O)c1ccc2c(c1)c1cc(C(C)=O)ccc1n2CC=NC(C)C. The molecule has 1 heterocycles. The standard InChI is InChI=1S/C21H22N2O2/c1-13(2)22-9-10-23-20-7-5-16(14(3)24)11-18(20)19-12-17(15(4)25)6-8-21(19)23/h5-9,11-13H,10H2,1-4H3. The van der Waals surface area contributed by atoms with E-state index in [1.807, 2.05) is 56.5 Å². The zero-order chi connectivity index (χ0) is 18.1. The predicted molar refractivity (Wildman–Crippen MR) is 103 cm³/mol. The topological polar surface area (TPSA) is 51.4 Å². The maximum atomic E-state index is 11.8. The monoisotopic (exact) mass is 334 g/mol. The number of benzene rings is 2. The minimum Gasteiger partial charge on any atom is -0.335 e. The van der Waals surface area contributed by atoms with Crippen LogP contribution in [0.5, 0.6) is 0 Å². The van der Waals surface area contributed by atoms with Crippen molar-refractivity contribution < 1.29 is 9.59 Å². The van der Waals surface area contributed by atoms with Crippen LogP contribution in [0.25, 0.3) is 21.8 Å². The van der Waals surface area contributed by atoms with Crippen LogP contribution in [0.2, 0.25) is 0 Å². The summed E-state index contributed by atoms with van der Waals surface area (Å²) in [6.07, 6.45) is 1.92. The van der Waals surface area contributed by atoms with Gasteiger partial charge in [-0.15, -0.1) is 0 Å². The molecule has 0 bridgehead atoms. The molecule has 0 aliphatic rings. The number of carbonyl (C=O) groups excluding carboxylic acids is 2. The van der Waals surface area contributed by atoms with Gasteiger partial charge < -0.3 is 4.57 Å². The summed E-state index contributed by atoms with van der Waals surface area (Å²) < 4.78 is 2.17. The van der Waals surface area contributed by atoms with E-state index < -0.39 is 0 Å². The van der Waals surface area contributed by atoms with Crippen molar-refractivity contribution in [3.05, 3.63) is 47.5 Å². The second kappa shape index (κ2) is 6.63. The van der Waals surface area contributed by atoms with E-state index >= 15 is 0 Å². The van der Waals surface area contributed by atoms with Gasteiger partial charge in [0.25, 0.3) is 0 Å². The van der Waals surface area contributed by atoms with Gasteiger partial charge in [0.15, 0.2) is 11.6 Å². The van der Waals surface area contributed by atoms with Gasteiger partial charge in [0.05, 0.1) is 6.54 Å². The fourth-order valence-electron chi connectivity index (χ4n) is 3.08. The van der Waals surface area contributed by atoms with Crippen molar-refractivity contribution in [3.8, 4) is 0 Å². The second-order valence-corrected chi connectivity index (χ2v) is 6.61. The Morgan fingerprint density at radius 3 is 1.84 bits per heavy atom. The van der Waals surface area contributed by atoms with Crippen molar-refractivity contribution in [1.29, 1.82) is 0 Å². The number of aliphatic imine (C=N–C) groups is 1. The van der Waals surface area contributed by atoms with Crippen LogP contribution in [0.1, 0.15) is 48.4 Å². The van der Waals surface area contributed by atoms with E-state index in [1.54, 1.807) is 13.8 Å². The van der Waals surface area contributed by atoms with E-state index in [9.17, 15) is 9.59 Å². The number of rotatable bonds is 5. The normalized spacial score (nSPS) is 11.9. The molecular weight excluding hydrogens is 312 g/mol. The van der Waals surface area contributed by atoms with Crippen molar-refractivity contribution in [2.24, 2.45) is 4.99 Å². The van der Waals surface area contributed by atoms with E-state index in [0.29, 0.717) is 17.7 Å². The van der Waals surface area contributed by atoms with Gasteiger partial charge in [-0.05, 0) is 64.1 Å². The summed E-state index contributed by atoms with van der Waals surface area (Å²) in [5, 5.41) is 1.98. The number of aromatic nitrogens is 1. The average molecular weight is 334 g/mol. The molecule has 0 fully saturated rings. The number of hydrogen-bond donors (Lipinski definition) is 0. The van der Waals surface area contributed by atoms with Crippen LogP contribution < -0.4 is 0 Å². The lowest BCUT2D eigenvalue weighted by molar-refractivity contribution is 0.100. The van der Waals surface area contributed by atoms with Gasteiger partial charge in [0, 0.05) is 45.2 Å². The molecule has 0 aliphatic heterocycles. The van der Waals surface area contributed by atoms with E-state index in [4.69, 9.17) is 0 Å². The Kier molecular flexibility index (Phi) is 4.53. The van der Waals surface area contributed by atoms with Gasteiger partial charge in [-0.2, -0.15) is 0 Å². The molecular formula is C21H22N2O2. The number of fused-ring (bicyclic) bond motifs is 3. The molecule has 128 valence electrons. The molecule has 4 nitrogen and oxygen atoms in total. The van der Waals surface area contributed by atoms with Crippen LogP contribution in [0.4, 0.5) is 0 Å². The van der Waals surface area contributed by atoms with Crippen molar-refractivity contribution in [3.63, 3.8) is 0 Å². The first-order valence-corrected chi connectivity index (χ1v) is 8.48. The molecule has 0 atom stereocenters. The molecule has 25 heavy (non-hydrogen) atoms. The third kappa shape index (κ3) is 3.25. The van der Waals surface area contributed by atoms with Crippen LogP contribution in [0, 0.1) is 0 Å². The van der Waals surface area contributed by atoms with Gasteiger partial charge in [-0.1, -0.05) is 0 Å². The Balaban J connectivity index is 2.28. The Morgan fingerprint density at radius 2 is 1.44 bits per heavy atom. The lowest BCUT2D eigenvalue weighted by Crippen LogP contribution is -2.01. The lowest BCUT2D eigenvalue weighted by Gasteiger charge is -2.05. The Morgan fingerprint density at radius 1 is 0.960 bits per heavy atom. The Hall–Kier alpha value is -2.75. The largest absolute Gasteiger partial charge is 0.335 e. The predicted octanol–water partition coefficient (Wildman–Crippen LogP) is 4.68. The molecule has 2 aromatic carbocycles. The van der Waals surface area contributed by atoms with E-state index in [-0.39, 0.29) is 17.6 Å². The molecule has 4 heteroatoms. The first kappa shape index (κ1) is 17.1. The Bertz CT molecular complexity index is 938. The highest BCUT2D eigenvalue weighted by atomic mass is 16.1. The van der Waals surface area contributed by atoms with Crippen LogP contribution in [0.3, 0.4) is 0 Å². The van der Waals surface area contributed by atoms with Crippen molar-refractivity contribution >= 4 is 39.6 Å². The van der Waals surface area contributed by atoms with Gasteiger partial charge in [0.1, 0.15) is 0 Å². The molecule has 0 aliphatic carbocycles. The van der Waals surface area contributed by atoms with Crippen LogP contribution in [-0.2, 0) is 6.54 Å². The summed E-state index contributed by atoms with van der Waals surface area (Å²) in [7, 11) is 0. The maximum absolute atomic E-state index is 11.8. The lowest BCUT2D eigenvalue weighted by atomic mass is 10.0. The average Bonchev–Trinajstić information content (AvgIpc) is 2.87. The molecule has 3 rings (SSSR count). The minimum atomic E-state index is 0.0342. The van der Waals surface area contributed by atoms with Crippen LogP contribution in [-0.4, -0.2) is 28.4 Å². The summed E-state index contributed by atoms with van der Waals surface area (Å²) >= 11 is 0. The highest BCUT2D eigenvalue weighted by Crippen LogP contribution is 2.30. The smallest absolute Gasteiger partial charge is 0.159 e. The molecule has 0 unspecified atom stereocenters. The van der Waals surface area contributed by atoms with Gasteiger partial charge in [-0.25, -0.2) is 0 Å². The summed E-state index contributed by atoms with van der Waals surface area (Å²) in [6, 6.07) is 11.7. The maximum Gasteiger partial charge on any atom is 0.159 e. The number of nitrogens with zero attached hydrogens (tertiary/aromatic N) is 2. The quantitative estimate of drug-likeness (QED) is 0.502. The highest BCUT2D eigenvalue weighted by Gasteiger charge is 2.13. The molecule has 0 saturated heterocycles. The third-order valence-corrected chi connectivity index (χ3v) is 4.35. The van der Waals surface area contributed by atoms with Crippen molar-refractivity contribution in [1.82, 2.24) is 4.57 Å². The van der Waals surface area contributed by atoms with Crippen molar-refractivity contribution in [2.45, 2.75) is 40.3 Å². The molecule has 0 radical (unpaired) electrons. The fourth-order valence-corrected chi connectivity index (χ4v) is 3.08. The van der Waals surface area contributed by atoms with Gasteiger partial charge in [-0.3, -0.25) is 14.6 Å². The number of hydrogen-bond acceptors (Lipinski definition) is 3. The first-order chi connectivity index (χ1) is 11.9. The highest BCUT2D eigenvalue weighted by molar-refractivity contribution is 6.12. The van der Waals surface area contributed by atoms with E-state index in [0.717, 1.165) is 21.8 Å². The number of Topliss-reactive ketones (excluding diaryl/α,β-unsaturated/α-hetero) is 2. The van der Waals surface area contributed by atoms with Crippen molar-refractivity contribution in [2.75, 3.05) is 0 Å². The van der Waals surface area contributed by atoms with E-state index in [2.05, 4.69) is 9.56 Å². The van der Waals surface area contributed by atoms with Gasteiger partial charge >= 0.3 is 0 Å². The molecule has 0 N–H and O–H groups in total. The van der Waals surface area contributed by atoms with Crippen LogP contribution in [0.15, 0.2) is 41.4 Å². The second-order valence-electron chi connectivity index (χ2n) is 6.61. The molecule has 1 aromatic heterocycles. The fraction of sp³-hybridized carbons (Fsp3) is 0.286. The Labute approximate surface area is 147 Å². The molecule has 0 amide bonds. The zero-order valence-corrected chi connectivity index (χ0v) is 15.0. The van der Waals surface area contributed by atoms with Gasteiger partial charge in [0.2, 0.25) is 0 Å². The molecule has 3 aromatic rings. The summed E-state index contributed by atoms with van der Waals surface area (Å²) in [5.41, 5.74) is 3.43. The first-order valence-electron chi connectivity index (χ1n) is 8.48. The summed E-state index contributed by atoms with van der Waals surface area (Å²) in [4.78, 5) is 28.0. The van der Waals surface area contributed by atoms with Crippen LogP contribution >= 0.6 is 0 Å². The minimum absolute atomic E-state index is 0.0342. The summed E-state index contributed by atoms with van der Waals surface area (Å²) in [5.74, 6) is 0.0683. The molecule has 0 spiro atoms. The third-order valence-electron chi connectivity index (χ3n) is 4.35. The summed E-state index contributed by atoms with van der Waals surface area (Å²) in [6.45, 7) is 7.87. The number of carbonyl (C=O) groups is 2. The number of ketones is 2.